The number of aromatic hydroxyl groups is 1. The van der Waals surface area contributed by atoms with Crippen LogP contribution in [0.3, 0.4) is 0 Å². The van der Waals surface area contributed by atoms with Crippen molar-refractivity contribution in [2.75, 3.05) is 17.3 Å². The molecule has 0 heterocycles. The molecule has 0 aromatic heterocycles. The highest BCUT2D eigenvalue weighted by Crippen LogP contribution is 2.37. The normalized spacial score (nSPS) is 10.4. The molecule has 0 unspecified atom stereocenters. The minimum atomic E-state index is 0.390. The molecule has 0 fully saturated rings. The van der Waals surface area contributed by atoms with Crippen molar-refractivity contribution in [3.05, 3.63) is 18.2 Å². The summed E-state index contributed by atoms with van der Waals surface area (Å²) in [5.74, 6) is 3.20. The summed E-state index contributed by atoms with van der Waals surface area (Å²) >= 11 is 7.60. The van der Waals surface area contributed by atoms with E-state index >= 15 is 0 Å². The number of thiol groups is 1. The Morgan fingerprint density at radius 2 is 2.14 bits per heavy atom. The molecule has 1 aromatic rings. The van der Waals surface area contributed by atoms with Gasteiger partial charge in [-0.1, -0.05) is 13.0 Å². The van der Waals surface area contributed by atoms with Crippen molar-refractivity contribution in [3.63, 3.8) is 0 Å². The van der Waals surface area contributed by atoms with E-state index in [4.69, 9.17) is 0 Å². The third-order valence-corrected chi connectivity index (χ3v) is 4.32. The van der Waals surface area contributed by atoms with Crippen LogP contribution in [-0.4, -0.2) is 22.4 Å². The van der Waals surface area contributed by atoms with Crippen LogP contribution >= 0.6 is 36.2 Å². The zero-order valence-corrected chi connectivity index (χ0v) is 10.6. The molecule has 0 saturated carbocycles. The average molecular weight is 246 g/mol. The molecule has 0 aliphatic heterocycles. The summed E-state index contributed by atoms with van der Waals surface area (Å²) < 4.78 is 0. The van der Waals surface area contributed by atoms with Gasteiger partial charge in [0.2, 0.25) is 0 Å². The van der Waals surface area contributed by atoms with Gasteiger partial charge in [0, 0.05) is 10.6 Å². The van der Waals surface area contributed by atoms with Crippen LogP contribution in [0.25, 0.3) is 0 Å². The second-order valence-corrected chi connectivity index (χ2v) is 5.47. The molecule has 0 spiro atoms. The molecule has 4 heteroatoms. The van der Waals surface area contributed by atoms with Gasteiger partial charge in [0.05, 0.1) is 4.90 Å². The standard InChI is InChI=1S/C10H14OS3/c1-2-13-10-8(11)4-3-5-9(10)14-7-6-12/h3-5,11-12H,2,6-7H2,1H3. The number of thioether (sulfide) groups is 2. The molecule has 0 radical (unpaired) electrons. The molecule has 14 heavy (non-hydrogen) atoms. The second-order valence-electron chi connectivity index (χ2n) is 2.61. The Balaban J connectivity index is 2.83. The van der Waals surface area contributed by atoms with E-state index in [0.29, 0.717) is 5.75 Å². The van der Waals surface area contributed by atoms with Crippen molar-refractivity contribution in [2.45, 2.75) is 16.7 Å². The number of hydrogen-bond acceptors (Lipinski definition) is 4. The van der Waals surface area contributed by atoms with Gasteiger partial charge in [0.25, 0.3) is 0 Å². The monoisotopic (exact) mass is 246 g/mol. The predicted octanol–water partition coefficient (Wildman–Crippen LogP) is 3.53. The van der Waals surface area contributed by atoms with Gasteiger partial charge in [-0.3, -0.25) is 0 Å². The van der Waals surface area contributed by atoms with Crippen molar-refractivity contribution < 1.29 is 5.11 Å². The number of phenols is 1. The lowest BCUT2D eigenvalue weighted by atomic mass is 10.3. The Bertz CT molecular complexity index is 289. The van der Waals surface area contributed by atoms with Gasteiger partial charge in [0.15, 0.2) is 0 Å². The van der Waals surface area contributed by atoms with E-state index in [2.05, 4.69) is 19.6 Å². The largest absolute Gasteiger partial charge is 0.507 e. The van der Waals surface area contributed by atoms with Crippen molar-refractivity contribution in [1.29, 1.82) is 0 Å². The molecular weight excluding hydrogens is 232 g/mol. The number of phenolic OH excluding ortho intramolecular Hbond substituents is 1. The maximum absolute atomic E-state index is 9.67. The van der Waals surface area contributed by atoms with Crippen LogP contribution in [0, 0.1) is 0 Å². The minimum Gasteiger partial charge on any atom is -0.507 e. The molecule has 0 saturated heterocycles. The molecule has 0 amide bonds. The van der Waals surface area contributed by atoms with Crippen molar-refractivity contribution in [2.24, 2.45) is 0 Å². The molecule has 0 aliphatic rings. The third kappa shape index (κ3) is 3.33. The lowest BCUT2D eigenvalue weighted by Crippen LogP contribution is -1.84. The SMILES string of the molecule is CCSc1c(O)cccc1SCCS. The van der Waals surface area contributed by atoms with Crippen LogP contribution in [0.4, 0.5) is 0 Å². The highest BCUT2D eigenvalue weighted by Gasteiger charge is 2.07. The quantitative estimate of drug-likeness (QED) is 0.613. The molecule has 0 bridgehead atoms. The number of benzene rings is 1. The first-order chi connectivity index (χ1) is 6.79. The Morgan fingerprint density at radius 1 is 1.36 bits per heavy atom. The van der Waals surface area contributed by atoms with Gasteiger partial charge in [-0.2, -0.15) is 12.6 Å². The van der Waals surface area contributed by atoms with Gasteiger partial charge >= 0.3 is 0 Å². The first kappa shape index (κ1) is 12.1. The molecule has 0 atom stereocenters. The molecule has 1 nitrogen and oxygen atoms in total. The van der Waals surface area contributed by atoms with E-state index in [1.54, 1.807) is 29.6 Å². The molecule has 0 aliphatic carbocycles. The lowest BCUT2D eigenvalue weighted by molar-refractivity contribution is 0.459. The second kappa shape index (κ2) is 6.53. The molecule has 1 aromatic carbocycles. The van der Waals surface area contributed by atoms with Gasteiger partial charge in [-0.25, -0.2) is 0 Å². The average Bonchev–Trinajstić information content (AvgIpc) is 2.19. The van der Waals surface area contributed by atoms with Gasteiger partial charge in [-0.15, -0.1) is 23.5 Å². The Labute approximate surface area is 99.1 Å². The fraction of sp³-hybridized carbons (Fsp3) is 0.400. The van der Waals surface area contributed by atoms with Crippen LogP contribution in [0.2, 0.25) is 0 Å². The maximum atomic E-state index is 9.67. The summed E-state index contributed by atoms with van der Waals surface area (Å²) in [4.78, 5) is 2.16. The first-order valence-corrected chi connectivity index (χ1v) is 7.08. The fourth-order valence-electron chi connectivity index (χ4n) is 1.06. The summed E-state index contributed by atoms with van der Waals surface area (Å²) in [7, 11) is 0. The Hall–Kier alpha value is 0.0700. The maximum Gasteiger partial charge on any atom is 0.130 e. The van der Waals surface area contributed by atoms with E-state index in [-0.39, 0.29) is 0 Å². The molecular formula is C10H14OS3. The van der Waals surface area contributed by atoms with Crippen LogP contribution in [0.1, 0.15) is 6.92 Å². The summed E-state index contributed by atoms with van der Waals surface area (Å²) in [6.45, 7) is 2.09. The minimum absolute atomic E-state index is 0.390. The summed E-state index contributed by atoms with van der Waals surface area (Å²) in [6.07, 6.45) is 0. The van der Waals surface area contributed by atoms with Crippen LogP contribution in [0.5, 0.6) is 5.75 Å². The van der Waals surface area contributed by atoms with E-state index in [9.17, 15) is 5.11 Å². The summed E-state index contributed by atoms with van der Waals surface area (Å²) in [5.41, 5.74) is 0. The van der Waals surface area contributed by atoms with Gasteiger partial charge in [-0.05, 0) is 23.6 Å². The van der Waals surface area contributed by atoms with Crippen LogP contribution < -0.4 is 0 Å². The first-order valence-electron chi connectivity index (χ1n) is 4.48. The zero-order chi connectivity index (χ0) is 10.4. The topological polar surface area (TPSA) is 20.2 Å². The third-order valence-electron chi connectivity index (χ3n) is 1.60. The predicted molar refractivity (Wildman–Crippen MR) is 69.1 cm³/mol. The van der Waals surface area contributed by atoms with Crippen LogP contribution in [0.15, 0.2) is 28.0 Å². The van der Waals surface area contributed by atoms with Crippen molar-refractivity contribution >= 4 is 36.2 Å². The highest BCUT2D eigenvalue weighted by atomic mass is 32.2. The van der Waals surface area contributed by atoms with Crippen molar-refractivity contribution in [1.82, 2.24) is 0 Å². The zero-order valence-electron chi connectivity index (χ0n) is 8.06. The smallest absolute Gasteiger partial charge is 0.130 e. The van der Waals surface area contributed by atoms with Gasteiger partial charge < -0.3 is 5.11 Å². The van der Waals surface area contributed by atoms with E-state index in [0.717, 1.165) is 27.0 Å². The Morgan fingerprint density at radius 3 is 2.79 bits per heavy atom. The highest BCUT2D eigenvalue weighted by molar-refractivity contribution is 8.02. The summed E-state index contributed by atoms with van der Waals surface area (Å²) in [5, 5.41) is 9.67. The molecule has 1 rings (SSSR count). The Kier molecular flexibility index (Phi) is 5.67. The van der Waals surface area contributed by atoms with E-state index in [1.807, 2.05) is 12.1 Å². The van der Waals surface area contributed by atoms with E-state index < -0.39 is 0 Å². The fourth-order valence-corrected chi connectivity index (χ4v) is 3.13. The molecule has 78 valence electrons. The molecule has 1 N–H and O–H groups in total. The van der Waals surface area contributed by atoms with E-state index in [1.165, 1.54) is 0 Å². The van der Waals surface area contributed by atoms with Gasteiger partial charge in [0.1, 0.15) is 5.75 Å². The number of hydrogen-bond donors (Lipinski definition) is 2. The summed E-state index contributed by atoms with van der Waals surface area (Å²) in [6, 6.07) is 5.67. The number of rotatable bonds is 5. The van der Waals surface area contributed by atoms with Crippen LogP contribution in [-0.2, 0) is 0 Å². The lowest BCUT2D eigenvalue weighted by Gasteiger charge is -2.08. The van der Waals surface area contributed by atoms with Crippen molar-refractivity contribution in [3.8, 4) is 5.75 Å².